The molecule has 1 heterocycles. The fourth-order valence-electron chi connectivity index (χ4n) is 0.610. The molecule has 0 N–H and O–H groups in total. The van der Waals surface area contributed by atoms with E-state index in [0.717, 1.165) is 3.79 Å². The molecule has 0 saturated heterocycles. The number of carbonyl (C=O) groups excluding carboxylic acids is 2. The van der Waals surface area contributed by atoms with E-state index in [4.69, 9.17) is 0 Å². The van der Waals surface area contributed by atoms with Gasteiger partial charge in [-0.1, -0.05) is 0 Å². The molecule has 0 bridgehead atoms. The fourth-order valence-corrected chi connectivity index (χ4v) is 1.98. The van der Waals surface area contributed by atoms with Crippen molar-refractivity contribution in [2.45, 2.75) is 6.92 Å². The summed E-state index contributed by atoms with van der Waals surface area (Å²) in [5.74, 6) is -0.833. The van der Waals surface area contributed by atoms with Gasteiger partial charge in [-0.2, -0.15) is 0 Å². The van der Waals surface area contributed by atoms with Crippen LogP contribution in [0.4, 0.5) is 0 Å². The van der Waals surface area contributed by atoms with Gasteiger partial charge in [-0.05, 0) is 28.1 Å². The summed E-state index contributed by atoms with van der Waals surface area (Å²) in [5.41, 5.74) is 0. The summed E-state index contributed by atoms with van der Waals surface area (Å²) < 4.78 is 0.863. The number of Topliss-reactive ketones (excluding diaryl/α,β-unsaturated/α-hetero) is 2. The van der Waals surface area contributed by atoms with E-state index in [1.54, 1.807) is 12.1 Å². The van der Waals surface area contributed by atoms with Gasteiger partial charge in [-0.3, -0.25) is 9.59 Å². The second-order valence-corrected chi connectivity index (χ2v) is 4.45. The van der Waals surface area contributed by atoms with Crippen molar-refractivity contribution in [3.63, 3.8) is 0 Å². The molecular formula is C7H5BrO2S. The van der Waals surface area contributed by atoms with E-state index in [1.165, 1.54) is 18.3 Å². The number of carbonyl (C=O) groups is 2. The molecule has 0 radical (unpaired) electrons. The zero-order valence-electron chi connectivity index (χ0n) is 5.76. The SMILES string of the molecule is CC(=O)C(=O)c1ccc(Br)s1. The van der Waals surface area contributed by atoms with Gasteiger partial charge in [0.15, 0.2) is 0 Å². The van der Waals surface area contributed by atoms with Crippen molar-refractivity contribution in [1.29, 1.82) is 0 Å². The molecule has 0 amide bonds. The first kappa shape index (κ1) is 8.62. The maximum Gasteiger partial charge on any atom is 0.238 e. The highest BCUT2D eigenvalue weighted by molar-refractivity contribution is 9.11. The summed E-state index contributed by atoms with van der Waals surface area (Å²) in [4.78, 5) is 22.1. The molecule has 1 aromatic rings. The lowest BCUT2D eigenvalue weighted by Gasteiger charge is -1.86. The Morgan fingerprint density at radius 1 is 1.45 bits per heavy atom. The van der Waals surface area contributed by atoms with Gasteiger partial charge in [-0.25, -0.2) is 0 Å². The topological polar surface area (TPSA) is 34.1 Å². The number of hydrogen-bond donors (Lipinski definition) is 0. The van der Waals surface area contributed by atoms with Crippen molar-refractivity contribution < 1.29 is 9.59 Å². The van der Waals surface area contributed by atoms with Crippen LogP contribution in [0.25, 0.3) is 0 Å². The molecular weight excluding hydrogens is 228 g/mol. The van der Waals surface area contributed by atoms with Crippen LogP contribution < -0.4 is 0 Å². The number of ketones is 2. The molecule has 0 saturated carbocycles. The molecule has 0 atom stereocenters. The standard InChI is InChI=1S/C7H5BrO2S/c1-4(9)7(10)5-2-3-6(8)11-5/h2-3H,1H3. The fraction of sp³-hybridized carbons (Fsp3) is 0.143. The average molecular weight is 233 g/mol. The second kappa shape index (κ2) is 3.28. The number of thiophene rings is 1. The average Bonchev–Trinajstić information content (AvgIpc) is 2.34. The Hall–Kier alpha value is -0.480. The smallest absolute Gasteiger partial charge is 0.238 e. The largest absolute Gasteiger partial charge is 0.291 e. The molecule has 1 aromatic heterocycles. The molecule has 0 aliphatic rings. The minimum Gasteiger partial charge on any atom is -0.291 e. The molecule has 4 heteroatoms. The van der Waals surface area contributed by atoms with Gasteiger partial charge >= 0.3 is 0 Å². The Labute approximate surface area is 76.4 Å². The van der Waals surface area contributed by atoms with Crippen molar-refractivity contribution in [2.24, 2.45) is 0 Å². The Morgan fingerprint density at radius 3 is 2.45 bits per heavy atom. The van der Waals surface area contributed by atoms with E-state index >= 15 is 0 Å². The summed E-state index contributed by atoms with van der Waals surface area (Å²) in [7, 11) is 0. The highest BCUT2D eigenvalue weighted by atomic mass is 79.9. The van der Waals surface area contributed by atoms with E-state index in [0.29, 0.717) is 4.88 Å². The Balaban J connectivity index is 2.94. The summed E-state index contributed by atoms with van der Waals surface area (Å²) in [6.07, 6.45) is 0. The van der Waals surface area contributed by atoms with Crippen LogP contribution in [-0.2, 0) is 4.79 Å². The molecule has 11 heavy (non-hydrogen) atoms. The van der Waals surface area contributed by atoms with E-state index in [1.807, 2.05) is 0 Å². The first-order valence-electron chi connectivity index (χ1n) is 2.92. The lowest BCUT2D eigenvalue weighted by Crippen LogP contribution is -2.06. The molecule has 0 fully saturated rings. The molecule has 0 aliphatic carbocycles. The lowest BCUT2D eigenvalue weighted by atomic mass is 10.2. The molecule has 0 unspecified atom stereocenters. The van der Waals surface area contributed by atoms with Gasteiger partial charge in [-0.15, -0.1) is 11.3 Å². The molecule has 1 rings (SSSR count). The number of halogens is 1. The van der Waals surface area contributed by atoms with Crippen molar-refractivity contribution in [3.8, 4) is 0 Å². The van der Waals surface area contributed by atoms with Gasteiger partial charge in [0.25, 0.3) is 0 Å². The Kier molecular flexibility index (Phi) is 2.57. The third-order valence-electron chi connectivity index (χ3n) is 1.12. The van der Waals surface area contributed by atoms with E-state index < -0.39 is 11.6 Å². The maximum absolute atomic E-state index is 11.0. The van der Waals surface area contributed by atoms with E-state index in [2.05, 4.69) is 15.9 Å². The van der Waals surface area contributed by atoms with Crippen LogP contribution in [0.5, 0.6) is 0 Å². The van der Waals surface area contributed by atoms with Gasteiger partial charge in [0.05, 0.1) is 8.66 Å². The number of hydrogen-bond acceptors (Lipinski definition) is 3. The normalized spacial score (nSPS) is 9.64. The monoisotopic (exact) mass is 232 g/mol. The predicted octanol–water partition coefficient (Wildman–Crippen LogP) is 2.28. The van der Waals surface area contributed by atoms with Crippen LogP contribution in [-0.4, -0.2) is 11.6 Å². The minimum absolute atomic E-state index is 0.416. The first-order valence-corrected chi connectivity index (χ1v) is 4.53. The van der Waals surface area contributed by atoms with Gasteiger partial charge in [0.2, 0.25) is 11.6 Å². The van der Waals surface area contributed by atoms with Crippen molar-refractivity contribution >= 4 is 38.8 Å². The molecule has 58 valence electrons. The molecule has 0 spiro atoms. The first-order chi connectivity index (χ1) is 5.11. The van der Waals surface area contributed by atoms with Gasteiger partial charge in [0.1, 0.15) is 0 Å². The summed E-state index contributed by atoms with van der Waals surface area (Å²) in [5, 5.41) is 0. The highest BCUT2D eigenvalue weighted by Gasteiger charge is 2.12. The van der Waals surface area contributed by atoms with Gasteiger partial charge in [0, 0.05) is 6.92 Å². The van der Waals surface area contributed by atoms with Crippen LogP contribution in [0.3, 0.4) is 0 Å². The van der Waals surface area contributed by atoms with Crippen LogP contribution in [0.2, 0.25) is 0 Å². The lowest BCUT2D eigenvalue weighted by molar-refractivity contribution is -0.113. The summed E-state index contributed by atoms with van der Waals surface area (Å²) in [6.45, 7) is 1.27. The van der Waals surface area contributed by atoms with Crippen LogP contribution in [0, 0.1) is 0 Å². The van der Waals surface area contributed by atoms with Gasteiger partial charge < -0.3 is 0 Å². The zero-order valence-corrected chi connectivity index (χ0v) is 8.16. The Bertz CT molecular complexity index is 303. The van der Waals surface area contributed by atoms with Crippen LogP contribution >= 0.6 is 27.3 Å². The molecule has 0 aliphatic heterocycles. The van der Waals surface area contributed by atoms with Crippen molar-refractivity contribution in [2.75, 3.05) is 0 Å². The van der Waals surface area contributed by atoms with E-state index in [-0.39, 0.29) is 0 Å². The summed E-state index contributed by atoms with van der Waals surface area (Å²) in [6, 6.07) is 3.39. The Morgan fingerprint density at radius 2 is 2.09 bits per heavy atom. The van der Waals surface area contributed by atoms with Crippen molar-refractivity contribution in [3.05, 3.63) is 20.8 Å². The quantitative estimate of drug-likeness (QED) is 0.580. The summed E-state index contributed by atoms with van der Waals surface area (Å²) >= 11 is 4.48. The zero-order chi connectivity index (χ0) is 8.43. The van der Waals surface area contributed by atoms with E-state index in [9.17, 15) is 9.59 Å². The van der Waals surface area contributed by atoms with Crippen LogP contribution in [0.1, 0.15) is 16.6 Å². The molecule has 2 nitrogen and oxygen atoms in total. The third kappa shape index (κ3) is 1.97. The maximum atomic E-state index is 11.0. The number of rotatable bonds is 2. The molecule has 0 aromatic carbocycles. The highest BCUT2D eigenvalue weighted by Crippen LogP contribution is 2.22. The third-order valence-corrected chi connectivity index (χ3v) is 2.74. The minimum atomic E-state index is -0.417. The van der Waals surface area contributed by atoms with Crippen molar-refractivity contribution in [1.82, 2.24) is 0 Å². The second-order valence-electron chi connectivity index (χ2n) is 1.99. The predicted molar refractivity (Wildman–Crippen MR) is 47.0 cm³/mol. The van der Waals surface area contributed by atoms with Crippen LogP contribution in [0.15, 0.2) is 15.9 Å².